The number of carbonyl (C=O) groups excluding carboxylic acids is 1. The predicted octanol–water partition coefficient (Wildman–Crippen LogP) is 5.74. The van der Waals surface area contributed by atoms with Gasteiger partial charge in [0.25, 0.3) is 11.2 Å². The number of nitrogens with zero attached hydrogens (tertiary/aromatic N) is 3. The third-order valence-corrected chi connectivity index (χ3v) is 9.00. The van der Waals surface area contributed by atoms with Crippen molar-refractivity contribution >= 4 is 74.3 Å². The maximum absolute atomic E-state index is 14.0. The quantitative estimate of drug-likeness (QED) is 0.0694. The summed E-state index contributed by atoms with van der Waals surface area (Å²) in [6.45, 7) is 7.59. The second-order valence-electron chi connectivity index (χ2n) is 9.23. The molecule has 43 heavy (non-hydrogen) atoms. The van der Waals surface area contributed by atoms with E-state index in [1.54, 1.807) is 50.3 Å². The second kappa shape index (κ2) is 13.0. The van der Waals surface area contributed by atoms with Crippen molar-refractivity contribution < 1.29 is 23.6 Å². The topological polar surface area (TPSA) is 126 Å². The van der Waals surface area contributed by atoms with Crippen LogP contribution in [0.3, 0.4) is 0 Å². The fraction of sp³-hybridized carbons (Fsp3) is 0.167. The maximum Gasteiger partial charge on any atom is 0.338 e. The fourth-order valence-corrected chi connectivity index (χ4v) is 7.76. The van der Waals surface area contributed by atoms with Crippen LogP contribution in [0.2, 0.25) is 0 Å². The standard InChI is InChI=1S/C30H23I2N3O7S/c1-4-11-41-27-20(31)12-17(13-21(27)32)14-24-28(36)34-26(25(29(37)40-5-2)16(3)33-30(34)43-24)23-10-9-22(42-23)18-7-6-8-19(15-18)35(38)39/h4,6-10,12-15,26H,1,5,11H2,2-3H3/b24-14-/t26-/m0/s1. The van der Waals surface area contributed by atoms with Crippen LogP contribution in [0.5, 0.6) is 5.75 Å². The number of nitro groups is 1. The minimum absolute atomic E-state index is 0.0870. The zero-order chi connectivity index (χ0) is 30.8. The molecule has 0 bridgehead atoms. The van der Waals surface area contributed by atoms with Gasteiger partial charge in [0.2, 0.25) is 0 Å². The molecule has 1 atom stereocenters. The highest BCUT2D eigenvalue weighted by molar-refractivity contribution is 14.1. The van der Waals surface area contributed by atoms with Crippen LogP contribution in [0.1, 0.15) is 31.2 Å². The highest BCUT2D eigenvalue weighted by Gasteiger charge is 2.35. The number of benzene rings is 2. The molecule has 1 aliphatic rings. The van der Waals surface area contributed by atoms with Crippen molar-refractivity contribution in [3.63, 3.8) is 0 Å². The van der Waals surface area contributed by atoms with E-state index in [-0.39, 0.29) is 23.4 Å². The highest BCUT2D eigenvalue weighted by Crippen LogP contribution is 2.35. The van der Waals surface area contributed by atoms with Crippen molar-refractivity contribution in [1.82, 2.24) is 4.57 Å². The Morgan fingerprint density at radius 2 is 1.98 bits per heavy atom. The van der Waals surface area contributed by atoms with E-state index in [4.69, 9.17) is 13.9 Å². The molecule has 3 heterocycles. The Balaban J connectivity index is 1.65. The van der Waals surface area contributed by atoms with E-state index < -0.39 is 16.9 Å². The van der Waals surface area contributed by atoms with Gasteiger partial charge in [0.1, 0.15) is 29.9 Å². The summed E-state index contributed by atoms with van der Waals surface area (Å²) in [7, 11) is 0. The lowest BCUT2D eigenvalue weighted by Crippen LogP contribution is -2.39. The Morgan fingerprint density at radius 3 is 2.65 bits per heavy atom. The van der Waals surface area contributed by atoms with Gasteiger partial charge in [-0.15, -0.1) is 0 Å². The van der Waals surface area contributed by atoms with Crippen LogP contribution < -0.4 is 19.6 Å². The Morgan fingerprint density at radius 1 is 1.23 bits per heavy atom. The smallest absolute Gasteiger partial charge is 0.338 e. The van der Waals surface area contributed by atoms with Gasteiger partial charge >= 0.3 is 5.97 Å². The average molecular weight is 823 g/mol. The van der Waals surface area contributed by atoms with Gasteiger partial charge in [-0.25, -0.2) is 9.79 Å². The molecular formula is C30H23I2N3O7S. The van der Waals surface area contributed by atoms with Gasteiger partial charge in [-0.1, -0.05) is 36.1 Å². The maximum atomic E-state index is 14.0. The van der Waals surface area contributed by atoms with Gasteiger partial charge in [-0.05, 0) is 94.9 Å². The molecule has 13 heteroatoms. The van der Waals surface area contributed by atoms with E-state index in [0.29, 0.717) is 38.7 Å². The molecule has 0 saturated heterocycles. The molecule has 10 nitrogen and oxygen atoms in total. The molecule has 0 N–H and O–H groups in total. The van der Waals surface area contributed by atoms with Gasteiger partial charge < -0.3 is 13.9 Å². The Kier molecular flexibility index (Phi) is 9.31. The van der Waals surface area contributed by atoms with Crippen molar-refractivity contribution in [3.05, 3.63) is 121 Å². The van der Waals surface area contributed by atoms with E-state index in [2.05, 4.69) is 56.8 Å². The summed E-state index contributed by atoms with van der Waals surface area (Å²) >= 11 is 5.59. The first-order valence-corrected chi connectivity index (χ1v) is 15.9. The largest absolute Gasteiger partial charge is 0.487 e. The van der Waals surface area contributed by atoms with Crippen LogP contribution in [-0.2, 0) is 9.53 Å². The van der Waals surface area contributed by atoms with Gasteiger partial charge in [-0.3, -0.25) is 19.5 Å². The Labute approximate surface area is 276 Å². The van der Waals surface area contributed by atoms with Crippen LogP contribution >= 0.6 is 56.5 Å². The first-order valence-electron chi connectivity index (χ1n) is 12.9. The fourth-order valence-electron chi connectivity index (χ4n) is 4.58. The molecule has 4 aromatic rings. The molecule has 2 aromatic carbocycles. The molecule has 2 aromatic heterocycles. The summed E-state index contributed by atoms with van der Waals surface area (Å²) in [5, 5.41) is 11.3. The van der Waals surface area contributed by atoms with Gasteiger partial charge in [0.15, 0.2) is 4.80 Å². The van der Waals surface area contributed by atoms with Crippen molar-refractivity contribution in [2.24, 2.45) is 4.99 Å². The second-order valence-corrected chi connectivity index (χ2v) is 12.6. The zero-order valence-electron chi connectivity index (χ0n) is 22.8. The number of aromatic nitrogens is 1. The van der Waals surface area contributed by atoms with Crippen molar-refractivity contribution in [1.29, 1.82) is 0 Å². The Hall–Kier alpha value is -3.57. The molecule has 0 fully saturated rings. The van der Waals surface area contributed by atoms with E-state index in [9.17, 15) is 19.7 Å². The number of hydrogen-bond donors (Lipinski definition) is 0. The molecule has 1 aliphatic heterocycles. The van der Waals surface area contributed by atoms with E-state index in [1.165, 1.54) is 28.0 Å². The molecule has 0 saturated carbocycles. The minimum atomic E-state index is -0.958. The molecule has 220 valence electrons. The first-order chi connectivity index (χ1) is 20.6. The number of hydrogen-bond acceptors (Lipinski definition) is 9. The Bertz CT molecular complexity index is 1970. The lowest BCUT2D eigenvalue weighted by atomic mass is 10.0. The average Bonchev–Trinajstić information content (AvgIpc) is 3.57. The normalized spacial score (nSPS) is 14.7. The summed E-state index contributed by atoms with van der Waals surface area (Å²) in [5.74, 6) is 0.767. The first kappa shape index (κ1) is 30.9. The predicted molar refractivity (Wildman–Crippen MR) is 179 cm³/mol. The number of esters is 1. The zero-order valence-corrected chi connectivity index (χ0v) is 28.0. The molecule has 0 spiro atoms. The number of fused-ring (bicyclic) bond motifs is 1. The number of furan rings is 1. The minimum Gasteiger partial charge on any atom is -0.487 e. The van der Waals surface area contributed by atoms with E-state index in [0.717, 1.165) is 18.5 Å². The van der Waals surface area contributed by atoms with Gasteiger partial charge in [0, 0.05) is 17.7 Å². The van der Waals surface area contributed by atoms with Crippen molar-refractivity contribution in [2.75, 3.05) is 13.2 Å². The molecule has 0 unspecified atom stereocenters. The number of ether oxygens (including phenoxy) is 2. The lowest BCUT2D eigenvalue weighted by Gasteiger charge is -2.22. The lowest BCUT2D eigenvalue weighted by molar-refractivity contribution is -0.384. The van der Waals surface area contributed by atoms with Crippen LogP contribution in [0.4, 0.5) is 5.69 Å². The van der Waals surface area contributed by atoms with Crippen LogP contribution in [0.15, 0.2) is 86.7 Å². The summed E-state index contributed by atoms with van der Waals surface area (Å²) in [6.07, 6.45) is 3.46. The molecular weight excluding hydrogens is 800 g/mol. The van der Waals surface area contributed by atoms with E-state index in [1.807, 2.05) is 12.1 Å². The molecule has 0 radical (unpaired) electrons. The molecule has 0 amide bonds. The molecule has 5 rings (SSSR count). The monoisotopic (exact) mass is 823 g/mol. The third kappa shape index (κ3) is 6.24. The number of non-ortho nitro benzene ring substituents is 1. The highest BCUT2D eigenvalue weighted by atomic mass is 127. The van der Waals surface area contributed by atoms with Crippen LogP contribution in [0.25, 0.3) is 17.4 Å². The number of halogens is 2. The molecule has 0 aliphatic carbocycles. The van der Waals surface area contributed by atoms with Crippen molar-refractivity contribution in [3.8, 4) is 17.1 Å². The van der Waals surface area contributed by atoms with Crippen LogP contribution in [0, 0.1) is 17.3 Å². The number of nitro benzene ring substituents is 1. The number of carbonyl (C=O) groups is 1. The van der Waals surface area contributed by atoms with Crippen molar-refractivity contribution in [2.45, 2.75) is 19.9 Å². The summed E-state index contributed by atoms with van der Waals surface area (Å²) < 4.78 is 20.9. The SMILES string of the molecule is C=CCOc1c(I)cc(/C=c2\sc3n(c2=O)[C@@H](c2ccc(-c4cccc([N+](=O)[O-])c4)o2)C(C(=O)OCC)=C(C)N=3)cc1I. The summed E-state index contributed by atoms with van der Waals surface area (Å²) in [6, 6.07) is 12.2. The van der Waals surface area contributed by atoms with Crippen LogP contribution in [-0.4, -0.2) is 28.7 Å². The summed E-state index contributed by atoms with van der Waals surface area (Å²) in [5.41, 5.74) is 1.42. The van der Waals surface area contributed by atoms with Gasteiger partial charge in [0.05, 0.1) is 34.5 Å². The third-order valence-electron chi connectivity index (χ3n) is 6.42. The number of thiazole rings is 1. The van der Waals surface area contributed by atoms with Gasteiger partial charge in [-0.2, -0.15) is 0 Å². The number of allylic oxidation sites excluding steroid dienone is 1. The number of rotatable bonds is 9. The van der Waals surface area contributed by atoms with E-state index >= 15 is 0 Å². The summed E-state index contributed by atoms with van der Waals surface area (Å²) in [4.78, 5) is 43.0.